The average Bonchev–Trinajstić information content (AvgIpc) is 2.65. The van der Waals surface area contributed by atoms with E-state index >= 15 is 0 Å². The normalized spacial score (nSPS) is 10.8. The zero-order valence-corrected chi connectivity index (χ0v) is 14.9. The maximum absolute atomic E-state index is 11.9. The lowest BCUT2D eigenvalue weighted by Crippen LogP contribution is -2.27. The second-order valence-corrected chi connectivity index (χ2v) is 6.44. The first kappa shape index (κ1) is 18.5. The highest BCUT2D eigenvalue weighted by molar-refractivity contribution is 5.75. The fraction of sp³-hybridized carbons (Fsp3) is 0.333. The Balaban J connectivity index is 1.84. The van der Waals surface area contributed by atoms with E-state index in [2.05, 4.69) is 6.07 Å². The van der Waals surface area contributed by atoms with E-state index in [1.165, 1.54) is 0 Å². The zero-order valence-electron chi connectivity index (χ0n) is 14.9. The van der Waals surface area contributed by atoms with Gasteiger partial charge in [0.15, 0.2) is 0 Å². The van der Waals surface area contributed by atoms with E-state index in [0.717, 1.165) is 23.3 Å². The first-order valence-electron chi connectivity index (χ1n) is 8.37. The van der Waals surface area contributed by atoms with E-state index in [4.69, 9.17) is 14.7 Å². The van der Waals surface area contributed by atoms with Crippen LogP contribution < -0.4 is 4.74 Å². The molecule has 0 atom stereocenters. The summed E-state index contributed by atoms with van der Waals surface area (Å²) < 4.78 is 10.9. The molecule has 0 bridgehead atoms. The number of nitrogens with zero attached hydrogens (tertiary/aromatic N) is 1. The van der Waals surface area contributed by atoms with Crippen LogP contribution in [0, 0.1) is 16.7 Å². The van der Waals surface area contributed by atoms with Crippen molar-refractivity contribution in [2.75, 3.05) is 13.2 Å². The monoisotopic (exact) mass is 337 g/mol. The zero-order chi connectivity index (χ0) is 18.3. The lowest BCUT2D eigenvalue weighted by atomic mass is 9.91. The Morgan fingerprint density at radius 3 is 2.08 bits per heavy atom. The number of rotatable bonds is 7. The molecule has 130 valence electrons. The number of benzene rings is 2. The molecule has 0 amide bonds. The molecule has 0 aliphatic rings. The Morgan fingerprint density at radius 2 is 1.56 bits per heavy atom. The summed E-state index contributed by atoms with van der Waals surface area (Å²) in [7, 11) is 0. The molecule has 4 heteroatoms. The molecule has 0 saturated carbocycles. The Labute approximate surface area is 149 Å². The van der Waals surface area contributed by atoms with Gasteiger partial charge in [-0.1, -0.05) is 31.2 Å². The van der Waals surface area contributed by atoms with Gasteiger partial charge < -0.3 is 9.47 Å². The van der Waals surface area contributed by atoms with Crippen molar-refractivity contribution in [1.29, 1.82) is 5.26 Å². The molecule has 0 saturated heterocycles. The Kier molecular flexibility index (Phi) is 6.19. The first-order chi connectivity index (χ1) is 12.0. The standard InChI is InChI=1S/C21H23NO3/c1-4-21(2,3)20(23)25-14-13-24-19-11-9-18(10-12-19)17-7-5-16(15-22)6-8-17/h5-12H,4,13-14H2,1-3H3. The van der Waals surface area contributed by atoms with Gasteiger partial charge in [0, 0.05) is 0 Å². The van der Waals surface area contributed by atoms with Crippen molar-refractivity contribution < 1.29 is 14.3 Å². The summed E-state index contributed by atoms with van der Waals surface area (Å²) in [5, 5.41) is 8.83. The molecule has 0 unspecified atom stereocenters. The van der Waals surface area contributed by atoms with Crippen LogP contribution in [-0.4, -0.2) is 19.2 Å². The summed E-state index contributed by atoms with van der Waals surface area (Å²) in [6, 6.07) is 17.2. The predicted octanol–water partition coefficient (Wildman–Crippen LogP) is 4.58. The van der Waals surface area contributed by atoms with E-state index in [9.17, 15) is 4.79 Å². The number of ether oxygens (including phenoxy) is 2. The molecule has 0 aliphatic carbocycles. The van der Waals surface area contributed by atoms with Crippen LogP contribution in [0.2, 0.25) is 0 Å². The van der Waals surface area contributed by atoms with Gasteiger partial charge in [0.2, 0.25) is 0 Å². The van der Waals surface area contributed by atoms with Gasteiger partial charge in [-0.05, 0) is 55.7 Å². The predicted molar refractivity (Wildman–Crippen MR) is 97.1 cm³/mol. The molecule has 2 rings (SSSR count). The van der Waals surface area contributed by atoms with Crippen molar-refractivity contribution in [2.24, 2.45) is 5.41 Å². The van der Waals surface area contributed by atoms with Crippen LogP contribution in [0.3, 0.4) is 0 Å². The first-order valence-corrected chi connectivity index (χ1v) is 8.37. The number of hydrogen-bond donors (Lipinski definition) is 0. The third-order valence-electron chi connectivity index (χ3n) is 4.22. The molecule has 0 heterocycles. The summed E-state index contributed by atoms with van der Waals surface area (Å²) >= 11 is 0. The van der Waals surface area contributed by atoms with Gasteiger partial charge in [-0.15, -0.1) is 0 Å². The van der Waals surface area contributed by atoms with E-state index in [0.29, 0.717) is 12.2 Å². The molecule has 2 aromatic rings. The second-order valence-electron chi connectivity index (χ2n) is 6.44. The highest BCUT2D eigenvalue weighted by atomic mass is 16.6. The molecular formula is C21H23NO3. The summed E-state index contributed by atoms with van der Waals surface area (Å²) in [6.07, 6.45) is 0.740. The lowest BCUT2D eigenvalue weighted by Gasteiger charge is -2.20. The third-order valence-corrected chi connectivity index (χ3v) is 4.22. The summed E-state index contributed by atoms with van der Waals surface area (Å²) in [6.45, 7) is 6.27. The minimum Gasteiger partial charge on any atom is -0.490 e. The summed E-state index contributed by atoms with van der Waals surface area (Å²) in [5.74, 6) is 0.526. The van der Waals surface area contributed by atoms with Crippen molar-refractivity contribution in [1.82, 2.24) is 0 Å². The summed E-state index contributed by atoms with van der Waals surface area (Å²) in [4.78, 5) is 11.9. The molecule has 0 aromatic heterocycles. The third kappa shape index (κ3) is 5.09. The van der Waals surface area contributed by atoms with Crippen molar-refractivity contribution in [3.63, 3.8) is 0 Å². The molecule has 4 nitrogen and oxygen atoms in total. The number of esters is 1. The summed E-state index contributed by atoms with van der Waals surface area (Å²) in [5.41, 5.74) is 2.28. The highest BCUT2D eigenvalue weighted by Gasteiger charge is 2.26. The Morgan fingerprint density at radius 1 is 1.00 bits per heavy atom. The minimum atomic E-state index is -0.456. The van der Waals surface area contributed by atoms with Crippen LogP contribution in [0.5, 0.6) is 5.75 Å². The highest BCUT2D eigenvalue weighted by Crippen LogP contribution is 2.23. The number of hydrogen-bond acceptors (Lipinski definition) is 4. The maximum atomic E-state index is 11.9. The van der Waals surface area contributed by atoms with E-state index in [-0.39, 0.29) is 12.6 Å². The fourth-order valence-corrected chi connectivity index (χ4v) is 2.11. The number of carbonyl (C=O) groups excluding carboxylic acids is 1. The topological polar surface area (TPSA) is 59.3 Å². The number of carbonyl (C=O) groups is 1. The smallest absolute Gasteiger partial charge is 0.311 e. The van der Waals surface area contributed by atoms with E-state index < -0.39 is 5.41 Å². The van der Waals surface area contributed by atoms with E-state index in [1.54, 1.807) is 12.1 Å². The van der Waals surface area contributed by atoms with Crippen LogP contribution >= 0.6 is 0 Å². The van der Waals surface area contributed by atoms with Gasteiger partial charge in [-0.25, -0.2) is 0 Å². The second kappa shape index (κ2) is 8.34. The lowest BCUT2D eigenvalue weighted by molar-refractivity contribution is -0.154. The van der Waals surface area contributed by atoms with Crippen LogP contribution in [-0.2, 0) is 9.53 Å². The van der Waals surface area contributed by atoms with Crippen molar-refractivity contribution in [3.8, 4) is 22.9 Å². The van der Waals surface area contributed by atoms with Crippen LogP contribution in [0.1, 0.15) is 32.8 Å². The van der Waals surface area contributed by atoms with Gasteiger partial charge in [-0.2, -0.15) is 5.26 Å². The van der Waals surface area contributed by atoms with Crippen LogP contribution in [0.15, 0.2) is 48.5 Å². The molecule has 2 aromatic carbocycles. The Bertz CT molecular complexity index is 740. The largest absolute Gasteiger partial charge is 0.490 e. The molecular weight excluding hydrogens is 314 g/mol. The molecule has 0 aliphatic heterocycles. The van der Waals surface area contributed by atoms with Crippen molar-refractivity contribution >= 4 is 5.97 Å². The molecule has 25 heavy (non-hydrogen) atoms. The molecule has 0 N–H and O–H groups in total. The van der Waals surface area contributed by atoms with Crippen LogP contribution in [0.4, 0.5) is 0 Å². The Hall–Kier alpha value is -2.80. The maximum Gasteiger partial charge on any atom is 0.311 e. The average molecular weight is 337 g/mol. The molecule has 0 spiro atoms. The van der Waals surface area contributed by atoms with Gasteiger partial charge in [0.1, 0.15) is 19.0 Å². The SMILES string of the molecule is CCC(C)(C)C(=O)OCCOc1ccc(-c2ccc(C#N)cc2)cc1. The van der Waals surface area contributed by atoms with Gasteiger partial charge in [-0.3, -0.25) is 4.79 Å². The molecule has 0 fully saturated rings. The fourth-order valence-electron chi connectivity index (χ4n) is 2.11. The molecule has 0 radical (unpaired) electrons. The van der Waals surface area contributed by atoms with Crippen molar-refractivity contribution in [3.05, 3.63) is 54.1 Å². The van der Waals surface area contributed by atoms with Crippen molar-refractivity contribution in [2.45, 2.75) is 27.2 Å². The minimum absolute atomic E-state index is 0.199. The quantitative estimate of drug-likeness (QED) is 0.548. The van der Waals surface area contributed by atoms with Gasteiger partial charge >= 0.3 is 5.97 Å². The van der Waals surface area contributed by atoms with E-state index in [1.807, 2.05) is 57.2 Å². The van der Waals surface area contributed by atoms with Crippen LogP contribution in [0.25, 0.3) is 11.1 Å². The van der Waals surface area contributed by atoms with Gasteiger partial charge in [0.25, 0.3) is 0 Å². The van der Waals surface area contributed by atoms with Gasteiger partial charge in [0.05, 0.1) is 17.0 Å². The number of nitriles is 1.